The first-order chi connectivity index (χ1) is 15.4. The number of fused-ring (bicyclic) bond motifs is 1. The number of carbonyl (C=O) groups excluding carboxylic acids is 2. The monoisotopic (exact) mass is 437 g/mol. The van der Waals surface area contributed by atoms with Gasteiger partial charge in [-0.2, -0.15) is 0 Å². The van der Waals surface area contributed by atoms with Crippen molar-refractivity contribution in [2.45, 2.75) is 13.3 Å². The number of para-hydroxylation sites is 1. The lowest BCUT2D eigenvalue weighted by Crippen LogP contribution is -2.26. The minimum absolute atomic E-state index is 0.108. The van der Waals surface area contributed by atoms with Gasteiger partial charge in [-0.25, -0.2) is 0 Å². The van der Waals surface area contributed by atoms with Crippen LogP contribution in [0.5, 0.6) is 11.5 Å². The standard InChI is InChI=1S/C24H27N3O5/c1-14-10-15-6-5-7-18(21(15)32-14)25-24(29)17-11-19(22(31-4)20(12-17)30-3)26-23(28)16-8-9-27(2)13-16/h5-7,10-12,16H,8-9,13H2,1-4H3,(H,25,29)(H,26,28). The van der Waals surface area contributed by atoms with E-state index in [1.165, 1.54) is 14.2 Å². The molecule has 3 aromatic rings. The normalized spacial score (nSPS) is 16.2. The number of hydrogen-bond acceptors (Lipinski definition) is 6. The van der Waals surface area contributed by atoms with E-state index in [1.807, 2.05) is 32.2 Å². The molecule has 0 aliphatic carbocycles. The average Bonchev–Trinajstić information content (AvgIpc) is 3.38. The summed E-state index contributed by atoms with van der Waals surface area (Å²) in [6.07, 6.45) is 0.786. The average molecular weight is 437 g/mol. The summed E-state index contributed by atoms with van der Waals surface area (Å²) in [5.41, 5.74) is 1.89. The van der Waals surface area contributed by atoms with E-state index in [-0.39, 0.29) is 17.7 Å². The summed E-state index contributed by atoms with van der Waals surface area (Å²) >= 11 is 0. The van der Waals surface area contributed by atoms with E-state index in [2.05, 4.69) is 15.5 Å². The maximum atomic E-state index is 13.1. The summed E-state index contributed by atoms with van der Waals surface area (Å²) < 4.78 is 16.6. The number of nitrogens with zero attached hydrogens (tertiary/aromatic N) is 1. The van der Waals surface area contributed by atoms with Gasteiger partial charge in [0.1, 0.15) is 5.76 Å². The number of rotatable bonds is 6. The third kappa shape index (κ3) is 4.27. The number of benzene rings is 2. The van der Waals surface area contributed by atoms with Gasteiger partial charge in [-0.15, -0.1) is 0 Å². The van der Waals surface area contributed by atoms with Crippen LogP contribution in [0.1, 0.15) is 22.5 Å². The van der Waals surface area contributed by atoms with E-state index in [9.17, 15) is 9.59 Å². The van der Waals surface area contributed by atoms with Gasteiger partial charge in [0.25, 0.3) is 5.91 Å². The lowest BCUT2D eigenvalue weighted by molar-refractivity contribution is -0.119. The lowest BCUT2D eigenvalue weighted by atomic mass is 10.1. The third-order valence-corrected chi connectivity index (χ3v) is 5.68. The Morgan fingerprint density at radius 3 is 2.59 bits per heavy atom. The van der Waals surface area contributed by atoms with Crippen molar-refractivity contribution in [2.24, 2.45) is 5.92 Å². The number of nitrogens with one attached hydrogen (secondary N) is 2. The summed E-state index contributed by atoms with van der Waals surface area (Å²) in [5, 5.41) is 6.72. The second-order valence-electron chi connectivity index (χ2n) is 8.03. The molecule has 8 heteroatoms. The molecule has 2 aromatic carbocycles. The summed E-state index contributed by atoms with van der Waals surface area (Å²) in [4.78, 5) is 28.0. The molecule has 1 aromatic heterocycles. The van der Waals surface area contributed by atoms with Crippen LogP contribution in [0.3, 0.4) is 0 Å². The number of amides is 2. The summed E-state index contributed by atoms with van der Waals surface area (Å²) in [7, 11) is 4.98. The molecule has 4 rings (SSSR count). The second kappa shape index (κ2) is 8.92. The fraction of sp³-hybridized carbons (Fsp3) is 0.333. The molecule has 1 saturated heterocycles. The van der Waals surface area contributed by atoms with Gasteiger partial charge >= 0.3 is 0 Å². The Morgan fingerprint density at radius 2 is 1.91 bits per heavy atom. The van der Waals surface area contributed by atoms with Crippen molar-refractivity contribution in [1.82, 2.24) is 4.90 Å². The van der Waals surface area contributed by atoms with E-state index < -0.39 is 0 Å². The molecule has 1 fully saturated rings. The van der Waals surface area contributed by atoms with Gasteiger partial charge < -0.3 is 29.4 Å². The minimum atomic E-state index is -0.358. The van der Waals surface area contributed by atoms with Crippen molar-refractivity contribution in [3.05, 3.63) is 47.7 Å². The quantitative estimate of drug-likeness (QED) is 0.608. The molecule has 1 aliphatic heterocycles. The summed E-state index contributed by atoms with van der Waals surface area (Å²) in [5.74, 6) is 0.897. The van der Waals surface area contributed by atoms with Crippen LogP contribution >= 0.6 is 0 Å². The van der Waals surface area contributed by atoms with Crippen LogP contribution in [0.2, 0.25) is 0 Å². The van der Waals surface area contributed by atoms with Crippen LogP contribution in [0.15, 0.2) is 40.8 Å². The van der Waals surface area contributed by atoms with Crippen LogP contribution in [-0.4, -0.2) is 51.1 Å². The first kappa shape index (κ1) is 21.7. The topological polar surface area (TPSA) is 93.0 Å². The Labute approximate surface area is 186 Å². The Bertz CT molecular complexity index is 1170. The van der Waals surface area contributed by atoms with Crippen LogP contribution < -0.4 is 20.1 Å². The predicted molar refractivity (Wildman–Crippen MR) is 123 cm³/mol. The van der Waals surface area contributed by atoms with Crippen molar-refractivity contribution in [2.75, 3.05) is 45.0 Å². The van der Waals surface area contributed by atoms with E-state index in [0.29, 0.717) is 40.6 Å². The summed E-state index contributed by atoms with van der Waals surface area (Å²) in [6, 6.07) is 10.7. The van der Waals surface area contributed by atoms with E-state index in [0.717, 1.165) is 24.1 Å². The SMILES string of the molecule is COc1cc(C(=O)Nc2cccc3cc(C)oc23)cc(NC(=O)C2CCN(C)C2)c1OC. The van der Waals surface area contributed by atoms with Crippen molar-refractivity contribution in [3.8, 4) is 11.5 Å². The molecule has 0 saturated carbocycles. The molecule has 2 heterocycles. The number of ether oxygens (including phenoxy) is 2. The number of hydrogen-bond donors (Lipinski definition) is 2. The fourth-order valence-electron chi connectivity index (χ4n) is 4.06. The minimum Gasteiger partial charge on any atom is -0.493 e. The molecule has 2 N–H and O–H groups in total. The highest BCUT2D eigenvalue weighted by Crippen LogP contribution is 2.37. The highest BCUT2D eigenvalue weighted by Gasteiger charge is 2.28. The second-order valence-corrected chi connectivity index (χ2v) is 8.03. The van der Waals surface area contributed by atoms with Gasteiger partial charge in [0.05, 0.1) is 31.5 Å². The summed E-state index contributed by atoms with van der Waals surface area (Å²) in [6.45, 7) is 3.42. The highest BCUT2D eigenvalue weighted by molar-refractivity contribution is 6.09. The zero-order valence-electron chi connectivity index (χ0n) is 18.7. The highest BCUT2D eigenvalue weighted by atomic mass is 16.5. The molecule has 32 heavy (non-hydrogen) atoms. The number of furan rings is 1. The zero-order valence-corrected chi connectivity index (χ0v) is 18.7. The molecule has 1 aliphatic rings. The van der Waals surface area contributed by atoms with E-state index in [4.69, 9.17) is 13.9 Å². The Balaban J connectivity index is 1.63. The van der Waals surface area contributed by atoms with Crippen molar-refractivity contribution >= 4 is 34.2 Å². The lowest BCUT2D eigenvalue weighted by Gasteiger charge is -2.17. The zero-order chi connectivity index (χ0) is 22.8. The molecular formula is C24H27N3O5. The third-order valence-electron chi connectivity index (χ3n) is 5.68. The van der Waals surface area contributed by atoms with Crippen molar-refractivity contribution < 1.29 is 23.5 Å². The van der Waals surface area contributed by atoms with Gasteiger partial charge in [-0.3, -0.25) is 9.59 Å². The largest absolute Gasteiger partial charge is 0.493 e. The van der Waals surface area contributed by atoms with Crippen LogP contribution in [0.4, 0.5) is 11.4 Å². The Morgan fingerprint density at radius 1 is 1.09 bits per heavy atom. The molecule has 0 radical (unpaired) electrons. The molecular weight excluding hydrogens is 410 g/mol. The van der Waals surface area contributed by atoms with Crippen LogP contribution in [0, 0.1) is 12.8 Å². The Kier molecular flexibility index (Phi) is 6.05. The van der Waals surface area contributed by atoms with E-state index >= 15 is 0 Å². The van der Waals surface area contributed by atoms with Gasteiger partial charge in [0.15, 0.2) is 17.1 Å². The van der Waals surface area contributed by atoms with Gasteiger partial charge in [-0.05, 0) is 51.2 Å². The van der Waals surface area contributed by atoms with Crippen molar-refractivity contribution in [3.63, 3.8) is 0 Å². The molecule has 0 bridgehead atoms. The molecule has 168 valence electrons. The van der Waals surface area contributed by atoms with Crippen LogP contribution in [-0.2, 0) is 4.79 Å². The molecule has 1 atom stereocenters. The van der Waals surface area contributed by atoms with E-state index in [1.54, 1.807) is 18.2 Å². The molecule has 0 spiro atoms. The van der Waals surface area contributed by atoms with Gasteiger partial charge in [0.2, 0.25) is 5.91 Å². The predicted octanol–water partition coefficient (Wildman–Crippen LogP) is 3.90. The molecule has 8 nitrogen and oxygen atoms in total. The smallest absolute Gasteiger partial charge is 0.255 e. The first-order valence-electron chi connectivity index (χ1n) is 10.5. The fourth-order valence-corrected chi connectivity index (χ4v) is 4.06. The maximum absolute atomic E-state index is 13.1. The maximum Gasteiger partial charge on any atom is 0.255 e. The van der Waals surface area contributed by atoms with Gasteiger partial charge in [-0.1, -0.05) is 12.1 Å². The van der Waals surface area contributed by atoms with Crippen molar-refractivity contribution in [1.29, 1.82) is 0 Å². The number of anilines is 2. The Hall–Kier alpha value is -3.52. The number of likely N-dealkylation sites (tertiary alicyclic amines) is 1. The number of carbonyl (C=O) groups is 2. The number of methoxy groups -OCH3 is 2. The molecule has 1 unspecified atom stereocenters. The van der Waals surface area contributed by atoms with Gasteiger partial charge in [0, 0.05) is 17.5 Å². The first-order valence-corrected chi connectivity index (χ1v) is 10.5. The van der Waals surface area contributed by atoms with Crippen LogP contribution in [0.25, 0.3) is 11.0 Å². The number of aryl methyl sites for hydroxylation is 1. The molecule has 2 amide bonds.